The van der Waals surface area contributed by atoms with E-state index in [4.69, 9.17) is 9.47 Å². The van der Waals surface area contributed by atoms with Crippen molar-refractivity contribution in [2.45, 2.75) is 39.2 Å². The van der Waals surface area contributed by atoms with E-state index in [0.717, 1.165) is 29.9 Å². The van der Waals surface area contributed by atoms with E-state index >= 15 is 0 Å². The van der Waals surface area contributed by atoms with Crippen LogP contribution in [0.2, 0.25) is 0 Å². The summed E-state index contributed by atoms with van der Waals surface area (Å²) in [5.41, 5.74) is 3.31. The van der Waals surface area contributed by atoms with Gasteiger partial charge in [-0.2, -0.15) is 0 Å². The van der Waals surface area contributed by atoms with Gasteiger partial charge in [0.1, 0.15) is 11.5 Å². The number of hydrogen-bond donors (Lipinski definition) is 0. The highest BCUT2D eigenvalue weighted by Crippen LogP contribution is 2.46. The van der Waals surface area contributed by atoms with Crippen LogP contribution in [0.5, 0.6) is 0 Å². The predicted octanol–water partition coefficient (Wildman–Crippen LogP) is 3.92. The van der Waals surface area contributed by atoms with Crippen LogP contribution in [0.25, 0.3) is 0 Å². The Kier molecular flexibility index (Phi) is 4.33. The van der Waals surface area contributed by atoms with E-state index in [1.54, 1.807) is 38.5 Å². The van der Waals surface area contributed by atoms with Crippen molar-refractivity contribution < 1.29 is 19.1 Å². The lowest BCUT2D eigenvalue weighted by Gasteiger charge is -2.39. The average Bonchev–Trinajstić information content (AvgIpc) is 2.94. The number of allylic oxidation sites excluding steroid dienone is 3. The maximum absolute atomic E-state index is 12.9. The van der Waals surface area contributed by atoms with E-state index in [0.29, 0.717) is 17.5 Å². The van der Waals surface area contributed by atoms with Crippen molar-refractivity contribution in [3.05, 3.63) is 58.1 Å². The molecule has 0 aromatic heterocycles. The number of benzene rings is 1. The highest BCUT2D eigenvalue weighted by molar-refractivity contribution is 6.21. The summed E-state index contributed by atoms with van der Waals surface area (Å²) in [7, 11) is 3.42. The highest BCUT2D eigenvalue weighted by atomic mass is 16.5. The molecular formula is C22H25NO4. The van der Waals surface area contributed by atoms with Crippen molar-refractivity contribution in [1.29, 1.82) is 0 Å². The Morgan fingerprint density at radius 3 is 1.93 bits per heavy atom. The maximum Gasteiger partial charge on any atom is 0.261 e. The van der Waals surface area contributed by atoms with Crippen molar-refractivity contribution in [2.24, 2.45) is 11.8 Å². The molecule has 1 aromatic rings. The topological polar surface area (TPSA) is 55.8 Å². The first-order chi connectivity index (χ1) is 13.0. The number of rotatable bonds is 3. The van der Waals surface area contributed by atoms with Crippen LogP contribution in [0.15, 0.2) is 46.9 Å². The number of amides is 2. The smallest absolute Gasteiger partial charge is 0.261 e. The van der Waals surface area contributed by atoms with Crippen LogP contribution >= 0.6 is 0 Å². The highest BCUT2D eigenvalue weighted by Gasteiger charge is 2.44. The lowest BCUT2D eigenvalue weighted by atomic mass is 9.74. The van der Waals surface area contributed by atoms with Crippen LogP contribution in [0.3, 0.4) is 0 Å². The van der Waals surface area contributed by atoms with Crippen LogP contribution in [0.1, 0.15) is 53.8 Å². The van der Waals surface area contributed by atoms with Gasteiger partial charge in [0.05, 0.1) is 25.3 Å². The van der Waals surface area contributed by atoms with Crippen LogP contribution in [-0.4, -0.2) is 37.0 Å². The van der Waals surface area contributed by atoms with Gasteiger partial charge in [0.15, 0.2) is 0 Å². The minimum Gasteiger partial charge on any atom is -0.500 e. The molecule has 3 aliphatic rings. The number of nitrogens with zero attached hydrogens (tertiary/aromatic N) is 1. The maximum atomic E-state index is 12.9. The van der Waals surface area contributed by atoms with Gasteiger partial charge in [0.2, 0.25) is 0 Å². The molecular weight excluding hydrogens is 342 g/mol. The average molecular weight is 367 g/mol. The van der Waals surface area contributed by atoms with E-state index < -0.39 is 0 Å². The van der Waals surface area contributed by atoms with E-state index in [1.165, 1.54) is 10.5 Å². The minimum atomic E-state index is -0.184. The van der Waals surface area contributed by atoms with Gasteiger partial charge in [-0.25, -0.2) is 0 Å². The molecule has 1 aromatic carbocycles. The van der Waals surface area contributed by atoms with Crippen molar-refractivity contribution >= 4 is 11.8 Å². The van der Waals surface area contributed by atoms with Gasteiger partial charge in [-0.1, -0.05) is 26.0 Å². The summed E-state index contributed by atoms with van der Waals surface area (Å²) in [6.45, 7) is 4.29. The van der Waals surface area contributed by atoms with Gasteiger partial charge in [0.25, 0.3) is 11.8 Å². The molecule has 3 atom stereocenters. The number of imide groups is 1. The molecule has 142 valence electrons. The summed E-state index contributed by atoms with van der Waals surface area (Å²) >= 11 is 0. The zero-order chi connectivity index (χ0) is 19.3. The summed E-state index contributed by atoms with van der Waals surface area (Å²) < 4.78 is 11.5. The quantitative estimate of drug-likeness (QED) is 0.760. The van der Waals surface area contributed by atoms with Gasteiger partial charge >= 0.3 is 0 Å². The summed E-state index contributed by atoms with van der Waals surface area (Å²) in [4.78, 5) is 27.2. The van der Waals surface area contributed by atoms with Crippen LogP contribution in [0.4, 0.5) is 0 Å². The summed E-state index contributed by atoms with van der Waals surface area (Å²) in [5, 5.41) is 0. The molecule has 0 saturated heterocycles. The number of carbonyl (C=O) groups is 2. The van der Waals surface area contributed by atoms with Crippen molar-refractivity contribution in [3.8, 4) is 0 Å². The monoisotopic (exact) mass is 367 g/mol. The molecule has 0 N–H and O–H groups in total. The standard InChI is InChI=1S/C22H25NO4/c1-12-13(2)20(27-4)18-11-14(9-10-15(18)19(12)26-3)23-21(24)16-7-5-6-8-17(16)22(23)25/h5-8,12-14H,9-11H2,1-4H3/t12-,13?,14?/m0/s1. The summed E-state index contributed by atoms with van der Waals surface area (Å²) in [5.74, 6) is 2.05. The summed E-state index contributed by atoms with van der Waals surface area (Å²) in [6, 6.07) is 6.92. The van der Waals surface area contributed by atoms with Crippen molar-refractivity contribution in [3.63, 3.8) is 0 Å². The third-order valence-corrected chi connectivity index (χ3v) is 6.33. The molecule has 0 spiro atoms. The normalized spacial score (nSPS) is 27.7. The fourth-order valence-corrected chi connectivity index (χ4v) is 4.83. The predicted molar refractivity (Wildman–Crippen MR) is 101 cm³/mol. The fourth-order valence-electron chi connectivity index (χ4n) is 4.83. The molecule has 5 nitrogen and oxygen atoms in total. The molecule has 1 heterocycles. The second kappa shape index (κ2) is 6.55. The third-order valence-electron chi connectivity index (χ3n) is 6.33. The second-order valence-corrected chi connectivity index (χ2v) is 7.59. The molecule has 1 aliphatic heterocycles. The lowest BCUT2D eigenvalue weighted by molar-refractivity contribution is 0.0564. The lowest BCUT2D eigenvalue weighted by Crippen LogP contribution is -2.42. The first-order valence-electron chi connectivity index (χ1n) is 9.50. The number of methoxy groups -OCH3 is 2. The Balaban J connectivity index is 1.71. The van der Waals surface area contributed by atoms with Crippen LogP contribution in [-0.2, 0) is 9.47 Å². The zero-order valence-electron chi connectivity index (χ0n) is 16.2. The van der Waals surface area contributed by atoms with Crippen molar-refractivity contribution in [1.82, 2.24) is 4.90 Å². The van der Waals surface area contributed by atoms with Gasteiger partial charge in [0, 0.05) is 17.9 Å². The van der Waals surface area contributed by atoms with Gasteiger partial charge < -0.3 is 9.47 Å². The summed E-state index contributed by atoms with van der Waals surface area (Å²) in [6.07, 6.45) is 2.14. The van der Waals surface area contributed by atoms with Gasteiger partial charge in [-0.05, 0) is 42.5 Å². The third kappa shape index (κ3) is 2.52. The molecule has 5 heteroatoms. The van der Waals surface area contributed by atoms with Gasteiger partial charge in [-0.15, -0.1) is 0 Å². The van der Waals surface area contributed by atoms with E-state index in [2.05, 4.69) is 13.8 Å². The Bertz CT molecular complexity index is 847. The van der Waals surface area contributed by atoms with Gasteiger partial charge in [-0.3, -0.25) is 14.5 Å². The molecule has 0 radical (unpaired) electrons. The number of hydrogen-bond acceptors (Lipinski definition) is 4. The SMILES string of the molecule is COC1=C2CC(N3C(=O)c4ccccc4C3=O)CCC2=C(OC)[C@@H](C)C1C. The molecule has 1 saturated carbocycles. The molecule has 4 rings (SSSR count). The number of carbonyl (C=O) groups excluding carboxylic acids is 2. The molecule has 27 heavy (non-hydrogen) atoms. The number of ether oxygens (including phenoxy) is 2. The van der Waals surface area contributed by atoms with E-state index in [9.17, 15) is 9.59 Å². The Hall–Kier alpha value is -2.56. The molecule has 2 amide bonds. The van der Waals surface area contributed by atoms with Crippen LogP contribution in [0, 0.1) is 11.8 Å². The Labute approximate surface area is 159 Å². The first kappa shape index (κ1) is 17.8. The molecule has 1 fully saturated rings. The Morgan fingerprint density at radius 2 is 1.41 bits per heavy atom. The van der Waals surface area contributed by atoms with E-state index in [-0.39, 0.29) is 29.7 Å². The van der Waals surface area contributed by atoms with Crippen molar-refractivity contribution in [2.75, 3.05) is 14.2 Å². The molecule has 2 aliphatic carbocycles. The fraction of sp³-hybridized carbons (Fsp3) is 0.455. The minimum absolute atomic E-state index is 0.153. The Morgan fingerprint density at radius 1 is 0.889 bits per heavy atom. The molecule has 0 bridgehead atoms. The van der Waals surface area contributed by atoms with E-state index in [1.807, 2.05) is 0 Å². The largest absolute Gasteiger partial charge is 0.500 e. The number of fused-ring (bicyclic) bond motifs is 2. The van der Waals surface area contributed by atoms with Crippen LogP contribution < -0.4 is 0 Å². The molecule has 2 unspecified atom stereocenters. The zero-order valence-corrected chi connectivity index (χ0v) is 16.2. The first-order valence-corrected chi connectivity index (χ1v) is 9.50. The second-order valence-electron chi connectivity index (χ2n) is 7.59.